The van der Waals surface area contributed by atoms with Crippen molar-refractivity contribution in [1.29, 1.82) is 0 Å². The van der Waals surface area contributed by atoms with E-state index in [0.29, 0.717) is 24.3 Å². The Labute approximate surface area is 178 Å². The van der Waals surface area contributed by atoms with Crippen molar-refractivity contribution in [3.8, 4) is 0 Å². The van der Waals surface area contributed by atoms with Crippen LogP contribution in [0.15, 0.2) is 18.2 Å². The van der Waals surface area contributed by atoms with Crippen LogP contribution in [-0.4, -0.2) is 71.9 Å². The van der Waals surface area contributed by atoms with Crippen molar-refractivity contribution in [3.05, 3.63) is 29.6 Å². The molecular weight excluding hydrogens is 383 g/mol. The molecule has 1 aromatic rings. The number of amides is 3. The van der Waals surface area contributed by atoms with Gasteiger partial charge in [-0.2, -0.15) is 0 Å². The monoisotopic (exact) mass is 416 g/mol. The van der Waals surface area contributed by atoms with Crippen LogP contribution < -0.4 is 5.32 Å². The van der Waals surface area contributed by atoms with Gasteiger partial charge in [-0.25, -0.2) is 9.18 Å². The molecule has 3 aliphatic rings. The van der Waals surface area contributed by atoms with Crippen molar-refractivity contribution < 1.29 is 14.0 Å². The van der Waals surface area contributed by atoms with Gasteiger partial charge in [0.25, 0.3) is 0 Å². The Kier molecular flexibility index (Phi) is 6.56. The molecule has 6 nitrogen and oxygen atoms in total. The number of aryl methyl sites for hydroxylation is 1. The second-order valence-electron chi connectivity index (χ2n) is 8.99. The predicted octanol–water partition coefficient (Wildman–Crippen LogP) is 3.46. The molecule has 3 fully saturated rings. The van der Waals surface area contributed by atoms with Gasteiger partial charge in [-0.3, -0.25) is 4.79 Å². The molecule has 1 aliphatic carbocycles. The van der Waals surface area contributed by atoms with Crippen molar-refractivity contribution in [2.75, 3.05) is 44.6 Å². The number of benzene rings is 1. The fourth-order valence-corrected chi connectivity index (χ4v) is 4.52. The second kappa shape index (κ2) is 9.33. The van der Waals surface area contributed by atoms with E-state index in [9.17, 15) is 14.0 Å². The highest BCUT2D eigenvalue weighted by Gasteiger charge is 2.39. The molecule has 4 rings (SSSR count). The quantitative estimate of drug-likeness (QED) is 0.773. The van der Waals surface area contributed by atoms with Gasteiger partial charge in [0.15, 0.2) is 0 Å². The van der Waals surface area contributed by atoms with Gasteiger partial charge < -0.3 is 20.0 Å². The van der Waals surface area contributed by atoms with Gasteiger partial charge in [0, 0.05) is 37.8 Å². The maximum atomic E-state index is 13.8. The number of nitrogens with one attached hydrogen (secondary N) is 1. The van der Waals surface area contributed by atoms with E-state index < -0.39 is 0 Å². The molecule has 1 saturated carbocycles. The van der Waals surface area contributed by atoms with Gasteiger partial charge >= 0.3 is 6.03 Å². The number of rotatable bonds is 6. The fourth-order valence-electron chi connectivity index (χ4n) is 4.52. The number of nitrogens with zero attached hydrogens (tertiary/aromatic N) is 3. The highest BCUT2D eigenvalue weighted by atomic mass is 19.1. The van der Waals surface area contributed by atoms with E-state index in [1.165, 1.54) is 25.3 Å². The summed E-state index contributed by atoms with van der Waals surface area (Å²) < 4.78 is 13.8. The molecule has 164 valence electrons. The summed E-state index contributed by atoms with van der Waals surface area (Å²) in [6, 6.07) is 4.57. The number of hydrogen-bond acceptors (Lipinski definition) is 3. The Morgan fingerprint density at radius 3 is 2.60 bits per heavy atom. The first-order valence-electron chi connectivity index (χ1n) is 11.4. The first-order chi connectivity index (χ1) is 14.5. The minimum atomic E-state index is -0.328. The van der Waals surface area contributed by atoms with Crippen molar-refractivity contribution in [1.82, 2.24) is 14.7 Å². The smallest absolute Gasteiger partial charge is 0.321 e. The Bertz CT molecular complexity index is 776. The normalized spacial score (nSPS) is 22.2. The molecule has 2 heterocycles. The third-order valence-corrected chi connectivity index (χ3v) is 6.63. The first kappa shape index (κ1) is 21.1. The number of halogens is 1. The molecule has 1 N–H and O–H groups in total. The Hall–Kier alpha value is -2.15. The molecule has 1 unspecified atom stereocenters. The van der Waals surface area contributed by atoms with Gasteiger partial charge in [-0.05, 0) is 69.8 Å². The van der Waals surface area contributed by atoms with E-state index in [1.807, 2.05) is 4.90 Å². The topological polar surface area (TPSA) is 55.9 Å². The second-order valence-corrected chi connectivity index (χ2v) is 8.99. The van der Waals surface area contributed by atoms with Gasteiger partial charge in [-0.15, -0.1) is 0 Å². The number of urea groups is 1. The van der Waals surface area contributed by atoms with Crippen LogP contribution in [0.1, 0.15) is 44.1 Å². The van der Waals surface area contributed by atoms with Crippen LogP contribution in [0.2, 0.25) is 0 Å². The molecule has 0 radical (unpaired) electrons. The lowest BCUT2D eigenvalue weighted by atomic mass is 10.1. The number of piperidine rings is 1. The van der Waals surface area contributed by atoms with Crippen LogP contribution in [0.3, 0.4) is 0 Å². The zero-order valence-corrected chi connectivity index (χ0v) is 17.9. The van der Waals surface area contributed by atoms with E-state index in [1.54, 1.807) is 24.0 Å². The van der Waals surface area contributed by atoms with Gasteiger partial charge in [0.05, 0.1) is 6.04 Å². The third kappa shape index (κ3) is 5.12. The summed E-state index contributed by atoms with van der Waals surface area (Å²) in [5.74, 6) is 0.121. The molecule has 0 spiro atoms. The number of carbonyl (C=O) groups is 2. The number of carbonyl (C=O) groups excluding carboxylic acids is 2. The zero-order valence-electron chi connectivity index (χ0n) is 17.9. The largest absolute Gasteiger partial charge is 0.336 e. The lowest BCUT2D eigenvalue weighted by Crippen LogP contribution is -2.47. The summed E-state index contributed by atoms with van der Waals surface area (Å²) in [7, 11) is 0. The van der Waals surface area contributed by atoms with E-state index >= 15 is 0 Å². The van der Waals surface area contributed by atoms with Crippen molar-refractivity contribution >= 4 is 17.6 Å². The Balaban J connectivity index is 1.34. The molecule has 2 aliphatic heterocycles. The average molecular weight is 417 g/mol. The lowest BCUT2D eigenvalue weighted by Gasteiger charge is -2.33. The molecule has 30 heavy (non-hydrogen) atoms. The SMILES string of the molecule is Cc1ccc(NC(=O)N2CCC(N(CCN3CCCCC3)C(=O)C3CC3)C2)cc1F. The minimum Gasteiger partial charge on any atom is -0.336 e. The summed E-state index contributed by atoms with van der Waals surface area (Å²) in [6.45, 7) is 6.76. The summed E-state index contributed by atoms with van der Waals surface area (Å²) in [5, 5.41) is 2.79. The molecule has 0 aromatic heterocycles. The molecule has 3 amide bonds. The molecule has 2 saturated heterocycles. The van der Waals surface area contributed by atoms with Gasteiger partial charge in [0.2, 0.25) is 5.91 Å². The summed E-state index contributed by atoms with van der Waals surface area (Å²) in [6.07, 6.45) is 6.58. The third-order valence-electron chi connectivity index (χ3n) is 6.63. The van der Waals surface area contributed by atoms with E-state index in [2.05, 4.69) is 10.2 Å². The summed E-state index contributed by atoms with van der Waals surface area (Å²) in [4.78, 5) is 31.9. The van der Waals surface area contributed by atoms with E-state index in [4.69, 9.17) is 0 Å². The standard InChI is InChI=1S/C23H33FN4O2/c1-17-5-8-19(15-21(17)24)25-23(30)27-12-9-20(16-27)28(22(29)18-6-7-18)14-13-26-10-3-2-4-11-26/h5,8,15,18,20H,2-4,6-7,9-14,16H2,1H3,(H,25,30). The summed E-state index contributed by atoms with van der Waals surface area (Å²) in [5.41, 5.74) is 1.01. The minimum absolute atomic E-state index is 0.0726. The first-order valence-corrected chi connectivity index (χ1v) is 11.4. The van der Waals surface area contributed by atoms with Crippen LogP contribution in [-0.2, 0) is 4.79 Å². The van der Waals surface area contributed by atoms with Gasteiger partial charge in [0.1, 0.15) is 5.82 Å². The van der Waals surface area contributed by atoms with Crippen LogP contribution in [0.5, 0.6) is 0 Å². The number of hydrogen-bond donors (Lipinski definition) is 1. The van der Waals surface area contributed by atoms with Crippen molar-refractivity contribution in [2.45, 2.75) is 51.5 Å². The number of likely N-dealkylation sites (tertiary alicyclic amines) is 2. The molecule has 7 heteroatoms. The van der Waals surface area contributed by atoms with E-state index in [-0.39, 0.29) is 29.7 Å². The average Bonchev–Trinajstić information content (AvgIpc) is 3.49. The Morgan fingerprint density at radius 2 is 1.90 bits per heavy atom. The molecule has 1 aromatic carbocycles. The van der Waals surface area contributed by atoms with Crippen LogP contribution >= 0.6 is 0 Å². The highest BCUT2D eigenvalue weighted by Crippen LogP contribution is 2.33. The lowest BCUT2D eigenvalue weighted by molar-refractivity contribution is -0.135. The molecule has 1 atom stereocenters. The zero-order chi connectivity index (χ0) is 21.1. The van der Waals surface area contributed by atoms with E-state index in [0.717, 1.165) is 45.4 Å². The molecule has 0 bridgehead atoms. The maximum Gasteiger partial charge on any atom is 0.321 e. The van der Waals surface area contributed by atoms with Crippen LogP contribution in [0, 0.1) is 18.7 Å². The Morgan fingerprint density at radius 1 is 1.13 bits per heavy atom. The van der Waals surface area contributed by atoms with Crippen molar-refractivity contribution in [2.24, 2.45) is 5.92 Å². The fraction of sp³-hybridized carbons (Fsp3) is 0.652. The molecular formula is C23H33FN4O2. The maximum absolute atomic E-state index is 13.8. The highest BCUT2D eigenvalue weighted by molar-refractivity contribution is 5.89. The number of anilines is 1. The van der Waals surface area contributed by atoms with Crippen LogP contribution in [0.4, 0.5) is 14.9 Å². The van der Waals surface area contributed by atoms with Gasteiger partial charge in [-0.1, -0.05) is 12.5 Å². The predicted molar refractivity (Wildman–Crippen MR) is 115 cm³/mol. The van der Waals surface area contributed by atoms with Crippen LogP contribution in [0.25, 0.3) is 0 Å². The summed E-state index contributed by atoms with van der Waals surface area (Å²) >= 11 is 0. The van der Waals surface area contributed by atoms with Crippen molar-refractivity contribution in [3.63, 3.8) is 0 Å².